The Kier molecular flexibility index (Phi) is 4.96. The van der Waals surface area contributed by atoms with Crippen LogP contribution in [0.2, 0.25) is 0 Å². The number of amides is 1. The molecule has 140 valence electrons. The number of piperidine rings is 1. The number of hydrogen-bond acceptors (Lipinski definition) is 6. The lowest BCUT2D eigenvalue weighted by molar-refractivity contribution is -0.133. The van der Waals surface area contributed by atoms with Gasteiger partial charge in [-0.1, -0.05) is 0 Å². The van der Waals surface area contributed by atoms with E-state index in [0.717, 1.165) is 50.7 Å². The van der Waals surface area contributed by atoms with E-state index < -0.39 is 0 Å². The molecule has 1 amide bonds. The second-order valence-corrected chi connectivity index (χ2v) is 7.29. The first-order valence-corrected chi connectivity index (χ1v) is 9.41. The number of carbonyl (C=O) groups excluding carboxylic acids is 1. The van der Waals surface area contributed by atoms with Crippen molar-refractivity contribution in [2.75, 3.05) is 26.2 Å². The number of aromatic nitrogens is 6. The summed E-state index contributed by atoms with van der Waals surface area (Å²) in [7, 11) is 2.05. The molecular weight excluding hydrogens is 332 g/mol. The van der Waals surface area contributed by atoms with E-state index in [9.17, 15) is 4.79 Å². The van der Waals surface area contributed by atoms with Crippen molar-refractivity contribution in [2.45, 2.75) is 44.7 Å². The highest BCUT2D eigenvalue weighted by atomic mass is 16.2. The Morgan fingerprint density at radius 3 is 2.81 bits per heavy atom. The Hall–Kier alpha value is -2.29. The van der Waals surface area contributed by atoms with Crippen LogP contribution in [0, 0.1) is 0 Å². The lowest BCUT2D eigenvalue weighted by atomic mass is 9.97. The van der Waals surface area contributed by atoms with Gasteiger partial charge in [0, 0.05) is 26.1 Å². The summed E-state index contributed by atoms with van der Waals surface area (Å²) in [6.07, 6.45) is 7.61. The van der Waals surface area contributed by atoms with Gasteiger partial charge in [-0.2, -0.15) is 5.10 Å². The highest BCUT2D eigenvalue weighted by Gasteiger charge is 2.29. The minimum Gasteiger partial charge on any atom is -0.340 e. The van der Waals surface area contributed by atoms with E-state index in [1.807, 2.05) is 4.90 Å². The fourth-order valence-electron chi connectivity index (χ4n) is 3.98. The van der Waals surface area contributed by atoms with Gasteiger partial charge >= 0.3 is 0 Å². The van der Waals surface area contributed by atoms with Gasteiger partial charge in [-0.05, 0) is 38.8 Å². The fraction of sp³-hybridized carbons (Fsp3) is 0.706. The molecule has 9 nitrogen and oxygen atoms in total. The fourth-order valence-corrected chi connectivity index (χ4v) is 3.98. The molecule has 0 radical (unpaired) electrons. The lowest BCUT2D eigenvalue weighted by Gasteiger charge is -2.32. The molecule has 0 aromatic carbocycles. The van der Waals surface area contributed by atoms with Crippen molar-refractivity contribution in [2.24, 2.45) is 7.05 Å². The van der Waals surface area contributed by atoms with Crippen LogP contribution in [-0.2, 0) is 24.9 Å². The molecular formula is C17H26N8O. The minimum absolute atomic E-state index is 0.0830. The average Bonchev–Trinajstić information content (AvgIpc) is 3.40. The van der Waals surface area contributed by atoms with Crippen LogP contribution in [-0.4, -0.2) is 71.4 Å². The molecule has 1 atom stereocenters. The Morgan fingerprint density at radius 1 is 1.19 bits per heavy atom. The predicted octanol–water partition coefficient (Wildman–Crippen LogP) is 0.409. The Labute approximate surface area is 153 Å². The van der Waals surface area contributed by atoms with Gasteiger partial charge in [-0.15, -0.1) is 10.2 Å². The molecule has 0 aliphatic carbocycles. The SMILES string of the molecule is Cn1c(CN2CCCC2)nnc1C1CCCN(C(=O)Cn2cncn2)C1. The topological polar surface area (TPSA) is 85.0 Å². The van der Waals surface area contributed by atoms with Gasteiger partial charge in [-0.3, -0.25) is 9.69 Å². The third-order valence-electron chi connectivity index (χ3n) is 5.47. The molecule has 2 aliphatic heterocycles. The molecule has 9 heteroatoms. The molecule has 0 N–H and O–H groups in total. The third kappa shape index (κ3) is 3.62. The summed E-state index contributed by atoms with van der Waals surface area (Å²) >= 11 is 0. The molecule has 4 heterocycles. The highest BCUT2D eigenvalue weighted by Crippen LogP contribution is 2.26. The zero-order valence-corrected chi connectivity index (χ0v) is 15.3. The van der Waals surface area contributed by atoms with Crippen molar-refractivity contribution in [1.29, 1.82) is 0 Å². The van der Waals surface area contributed by atoms with Gasteiger partial charge in [0.05, 0.1) is 6.54 Å². The monoisotopic (exact) mass is 358 g/mol. The van der Waals surface area contributed by atoms with Crippen molar-refractivity contribution >= 4 is 5.91 Å². The van der Waals surface area contributed by atoms with E-state index in [1.165, 1.54) is 19.2 Å². The average molecular weight is 358 g/mol. The van der Waals surface area contributed by atoms with Gasteiger partial charge < -0.3 is 9.47 Å². The molecule has 0 bridgehead atoms. The van der Waals surface area contributed by atoms with Crippen molar-refractivity contribution in [3.05, 3.63) is 24.3 Å². The first kappa shape index (κ1) is 17.1. The van der Waals surface area contributed by atoms with Gasteiger partial charge in [-0.25, -0.2) is 9.67 Å². The summed E-state index contributed by atoms with van der Waals surface area (Å²) in [4.78, 5) is 20.8. The van der Waals surface area contributed by atoms with Crippen LogP contribution < -0.4 is 0 Å². The number of hydrogen-bond donors (Lipinski definition) is 0. The van der Waals surface area contributed by atoms with E-state index in [2.05, 4.69) is 36.8 Å². The molecule has 4 rings (SSSR count). The predicted molar refractivity (Wildman–Crippen MR) is 94.1 cm³/mol. The van der Waals surface area contributed by atoms with Crippen LogP contribution in [0.1, 0.15) is 43.3 Å². The second kappa shape index (κ2) is 7.53. The number of nitrogens with zero attached hydrogens (tertiary/aromatic N) is 8. The highest BCUT2D eigenvalue weighted by molar-refractivity contribution is 5.76. The zero-order chi connectivity index (χ0) is 17.9. The standard InChI is InChI=1S/C17H26N8O/c1-22-15(10-23-6-2-3-7-23)20-21-17(22)14-5-4-8-24(9-14)16(26)11-25-13-18-12-19-25/h12-14H,2-11H2,1H3. The molecule has 26 heavy (non-hydrogen) atoms. The van der Waals surface area contributed by atoms with Crippen LogP contribution in [0.15, 0.2) is 12.7 Å². The third-order valence-corrected chi connectivity index (χ3v) is 5.47. The van der Waals surface area contributed by atoms with Crippen molar-refractivity contribution in [3.8, 4) is 0 Å². The molecule has 0 spiro atoms. The van der Waals surface area contributed by atoms with Crippen molar-refractivity contribution in [3.63, 3.8) is 0 Å². The Bertz CT molecular complexity index is 734. The lowest BCUT2D eigenvalue weighted by Crippen LogP contribution is -2.41. The van der Waals surface area contributed by atoms with Crippen molar-refractivity contribution in [1.82, 2.24) is 39.3 Å². The molecule has 2 aromatic rings. The summed E-state index contributed by atoms with van der Waals surface area (Å²) in [6, 6.07) is 0. The minimum atomic E-state index is 0.0830. The maximum Gasteiger partial charge on any atom is 0.244 e. The summed E-state index contributed by atoms with van der Waals surface area (Å²) in [5.41, 5.74) is 0. The van der Waals surface area contributed by atoms with Gasteiger partial charge in [0.15, 0.2) is 0 Å². The Morgan fingerprint density at radius 2 is 2.04 bits per heavy atom. The van der Waals surface area contributed by atoms with Gasteiger partial charge in [0.2, 0.25) is 5.91 Å². The number of carbonyl (C=O) groups is 1. The van der Waals surface area contributed by atoms with Gasteiger partial charge in [0.1, 0.15) is 30.8 Å². The first-order valence-electron chi connectivity index (χ1n) is 9.41. The quantitative estimate of drug-likeness (QED) is 0.770. The summed E-state index contributed by atoms with van der Waals surface area (Å²) in [6.45, 7) is 4.90. The number of rotatable bonds is 5. The summed E-state index contributed by atoms with van der Waals surface area (Å²) in [5, 5.41) is 12.9. The van der Waals surface area contributed by atoms with Crippen LogP contribution in [0.25, 0.3) is 0 Å². The molecule has 2 saturated heterocycles. The van der Waals surface area contributed by atoms with Crippen LogP contribution in [0.5, 0.6) is 0 Å². The van der Waals surface area contributed by atoms with Gasteiger partial charge in [0.25, 0.3) is 0 Å². The van der Waals surface area contributed by atoms with E-state index in [4.69, 9.17) is 0 Å². The summed E-state index contributed by atoms with van der Waals surface area (Å²) < 4.78 is 3.71. The molecule has 2 fully saturated rings. The molecule has 2 aliphatic rings. The zero-order valence-electron chi connectivity index (χ0n) is 15.3. The Balaban J connectivity index is 1.41. The van der Waals surface area contributed by atoms with Crippen molar-refractivity contribution < 1.29 is 4.79 Å². The summed E-state index contributed by atoms with van der Waals surface area (Å²) in [5.74, 6) is 2.35. The largest absolute Gasteiger partial charge is 0.340 e. The second-order valence-electron chi connectivity index (χ2n) is 7.29. The van der Waals surface area contributed by atoms with E-state index in [-0.39, 0.29) is 18.4 Å². The van der Waals surface area contributed by atoms with E-state index in [0.29, 0.717) is 6.54 Å². The van der Waals surface area contributed by atoms with E-state index in [1.54, 1.807) is 11.0 Å². The van der Waals surface area contributed by atoms with Crippen LogP contribution in [0.4, 0.5) is 0 Å². The molecule has 0 saturated carbocycles. The van der Waals surface area contributed by atoms with E-state index >= 15 is 0 Å². The first-order chi connectivity index (χ1) is 12.7. The maximum atomic E-state index is 12.6. The number of likely N-dealkylation sites (tertiary alicyclic amines) is 2. The molecule has 1 unspecified atom stereocenters. The van der Waals surface area contributed by atoms with Crippen LogP contribution in [0.3, 0.4) is 0 Å². The maximum absolute atomic E-state index is 12.6. The smallest absolute Gasteiger partial charge is 0.244 e. The van der Waals surface area contributed by atoms with Crippen LogP contribution >= 0.6 is 0 Å². The molecule has 2 aromatic heterocycles. The normalized spacial score (nSPS) is 21.4.